The number of rotatable bonds is 7. The smallest absolute Gasteiger partial charge is 0.234 e. The lowest BCUT2D eigenvalue weighted by atomic mass is 10.2. The van der Waals surface area contributed by atoms with E-state index in [4.69, 9.17) is 22.1 Å². The molecule has 0 saturated carbocycles. The van der Waals surface area contributed by atoms with Gasteiger partial charge in [-0.1, -0.05) is 35.9 Å². The van der Waals surface area contributed by atoms with Crippen LogP contribution in [-0.4, -0.2) is 11.9 Å². The van der Waals surface area contributed by atoms with E-state index in [0.717, 1.165) is 16.9 Å². The number of carbonyl (C=O) groups is 1. The predicted octanol–water partition coefficient (Wildman–Crippen LogP) is 2.88. The van der Waals surface area contributed by atoms with E-state index in [1.165, 1.54) is 0 Å². The maximum Gasteiger partial charge on any atom is 0.234 e. The Balaban J connectivity index is 1.83. The molecule has 0 aliphatic rings. The summed E-state index contributed by atoms with van der Waals surface area (Å²) in [4.78, 5) is 10.9. The van der Waals surface area contributed by atoms with Gasteiger partial charge in [-0.2, -0.15) is 0 Å². The molecular formula is C17H19ClN2O2. The summed E-state index contributed by atoms with van der Waals surface area (Å²) in [6.45, 7) is 2.82. The average Bonchev–Trinajstić information content (AvgIpc) is 2.53. The van der Waals surface area contributed by atoms with E-state index in [1.54, 1.807) is 6.92 Å². The fourth-order valence-corrected chi connectivity index (χ4v) is 1.95. The van der Waals surface area contributed by atoms with Crippen LogP contribution in [0.25, 0.3) is 0 Å². The highest BCUT2D eigenvalue weighted by Crippen LogP contribution is 2.15. The Morgan fingerprint density at radius 2 is 1.73 bits per heavy atom. The molecule has 0 aliphatic carbocycles. The van der Waals surface area contributed by atoms with Gasteiger partial charge in [-0.25, -0.2) is 0 Å². The third-order valence-corrected chi connectivity index (χ3v) is 3.53. The first-order chi connectivity index (χ1) is 10.5. The molecule has 0 aliphatic heterocycles. The number of halogens is 1. The molecule has 5 heteroatoms. The Labute approximate surface area is 135 Å². The minimum Gasteiger partial charge on any atom is -0.489 e. The number of benzene rings is 2. The van der Waals surface area contributed by atoms with Gasteiger partial charge in [0.05, 0.1) is 6.04 Å². The van der Waals surface area contributed by atoms with Gasteiger partial charge in [-0.15, -0.1) is 0 Å². The second-order valence-electron chi connectivity index (χ2n) is 5.06. The van der Waals surface area contributed by atoms with E-state index in [2.05, 4.69) is 5.32 Å². The fourth-order valence-electron chi connectivity index (χ4n) is 1.82. The molecule has 2 rings (SSSR count). The summed E-state index contributed by atoms with van der Waals surface area (Å²) >= 11 is 5.84. The Morgan fingerprint density at radius 3 is 2.32 bits per heavy atom. The van der Waals surface area contributed by atoms with Crippen LogP contribution < -0.4 is 15.8 Å². The van der Waals surface area contributed by atoms with Crippen LogP contribution >= 0.6 is 11.6 Å². The molecule has 22 heavy (non-hydrogen) atoms. The molecule has 1 amide bonds. The minimum atomic E-state index is -0.358. The zero-order chi connectivity index (χ0) is 15.9. The number of hydrogen-bond donors (Lipinski definition) is 2. The lowest BCUT2D eigenvalue weighted by molar-refractivity contribution is -0.119. The predicted molar refractivity (Wildman–Crippen MR) is 87.7 cm³/mol. The normalized spacial score (nSPS) is 11.9. The first kappa shape index (κ1) is 16.3. The largest absolute Gasteiger partial charge is 0.489 e. The van der Waals surface area contributed by atoms with Crippen molar-refractivity contribution < 1.29 is 9.53 Å². The zero-order valence-electron chi connectivity index (χ0n) is 12.4. The molecular weight excluding hydrogens is 300 g/mol. The maximum absolute atomic E-state index is 10.9. The summed E-state index contributed by atoms with van der Waals surface area (Å²) in [5.74, 6) is 0.435. The van der Waals surface area contributed by atoms with Crippen molar-refractivity contribution in [1.82, 2.24) is 5.32 Å². The van der Waals surface area contributed by atoms with Crippen molar-refractivity contribution in [2.75, 3.05) is 0 Å². The first-order valence-electron chi connectivity index (χ1n) is 7.03. The summed E-state index contributed by atoms with van der Waals surface area (Å²) in [7, 11) is 0. The molecule has 0 bridgehead atoms. The van der Waals surface area contributed by atoms with Crippen LogP contribution in [0.3, 0.4) is 0 Å². The lowest BCUT2D eigenvalue weighted by Gasteiger charge is -2.11. The van der Waals surface area contributed by atoms with Crippen LogP contribution in [0, 0.1) is 0 Å². The van der Waals surface area contributed by atoms with Crippen molar-refractivity contribution in [3.05, 3.63) is 64.7 Å². The SMILES string of the molecule is CC(NCc1ccc(OCc2ccc(Cl)cc2)cc1)C(N)=O. The fraction of sp³-hybridized carbons (Fsp3) is 0.235. The van der Waals surface area contributed by atoms with Crippen LogP contribution in [0.5, 0.6) is 5.75 Å². The Bertz CT molecular complexity index is 612. The average molecular weight is 319 g/mol. The van der Waals surface area contributed by atoms with Crippen molar-refractivity contribution in [2.45, 2.75) is 26.1 Å². The standard InChI is InChI=1S/C17H19ClN2O2/c1-12(17(19)21)20-10-13-4-8-16(9-5-13)22-11-14-2-6-15(18)7-3-14/h2-9,12,20H,10-11H2,1H3,(H2,19,21). The molecule has 1 atom stereocenters. The third kappa shape index (κ3) is 5.06. The van der Waals surface area contributed by atoms with Gasteiger partial charge in [0.2, 0.25) is 5.91 Å². The number of amides is 1. The van der Waals surface area contributed by atoms with Crippen LogP contribution in [-0.2, 0) is 17.9 Å². The van der Waals surface area contributed by atoms with Gasteiger partial charge in [0.15, 0.2) is 0 Å². The Morgan fingerprint density at radius 1 is 1.14 bits per heavy atom. The highest BCUT2D eigenvalue weighted by molar-refractivity contribution is 6.30. The van der Waals surface area contributed by atoms with E-state index < -0.39 is 0 Å². The Kier molecular flexibility index (Phi) is 5.81. The van der Waals surface area contributed by atoms with Gasteiger partial charge >= 0.3 is 0 Å². The second-order valence-corrected chi connectivity index (χ2v) is 5.50. The van der Waals surface area contributed by atoms with Gasteiger partial charge in [0.1, 0.15) is 12.4 Å². The quantitative estimate of drug-likeness (QED) is 0.825. The van der Waals surface area contributed by atoms with Crippen molar-refractivity contribution in [3.8, 4) is 5.75 Å². The third-order valence-electron chi connectivity index (χ3n) is 3.28. The van der Waals surface area contributed by atoms with Crippen LogP contribution in [0.1, 0.15) is 18.1 Å². The molecule has 1 unspecified atom stereocenters. The monoisotopic (exact) mass is 318 g/mol. The summed E-state index contributed by atoms with van der Waals surface area (Å²) < 4.78 is 5.71. The molecule has 2 aromatic rings. The first-order valence-corrected chi connectivity index (χ1v) is 7.41. The maximum atomic E-state index is 10.9. The summed E-state index contributed by atoms with van der Waals surface area (Å²) in [6.07, 6.45) is 0. The van der Waals surface area contributed by atoms with Crippen molar-refractivity contribution in [1.29, 1.82) is 0 Å². The highest BCUT2D eigenvalue weighted by Gasteiger charge is 2.06. The molecule has 0 radical (unpaired) electrons. The highest BCUT2D eigenvalue weighted by atomic mass is 35.5. The number of hydrogen-bond acceptors (Lipinski definition) is 3. The molecule has 116 valence electrons. The minimum absolute atomic E-state index is 0.346. The van der Waals surface area contributed by atoms with Crippen molar-refractivity contribution in [2.24, 2.45) is 5.73 Å². The van der Waals surface area contributed by atoms with Crippen LogP contribution in [0.4, 0.5) is 0 Å². The van der Waals surface area contributed by atoms with Gasteiger partial charge in [-0.3, -0.25) is 4.79 Å². The molecule has 0 saturated heterocycles. The van der Waals surface area contributed by atoms with Gasteiger partial charge < -0.3 is 15.8 Å². The van der Waals surface area contributed by atoms with Crippen LogP contribution in [0.2, 0.25) is 5.02 Å². The number of carbonyl (C=O) groups excluding carboxylic acids is 1. The molecule has 0 aromatic heterocycles. The second kappa shape index (κ2) is 7.82. The number of ether oxygens (including phenoxy) is 1. The zero-order valence-corrected chi connectivity index (χ0v) is 13.1. The topological polar surface area (TPSA) is 64.3 Å². The summed E-state index contributed by atoms with van der Waals surface area (Å²) in [5, 5.41) is 3.77. The van der Waals surface area contributed by atoms with E-state index in [1.807, 2.05) is 48.5 Å². The van der Waals surface area contributed by atoms with E-state index in [0.29, 0.717) is 18.2 Å². The van der Waals surface area contributed by atoms with Crippen molar-refractivity contribution >= 4 is 17.5 Å². The van der Waals surface area contributed by atoms with E-state index in [-0.39, 0.29) is 11.9 Å². The Hall–Kier alpha value is -2.04. The molecule has 3 N–H and O–H groups in total. The molecule has 2 aromatic carbocycles. The molecule has 0 spiro atoms. The van der Waals surface area contributed by atoms with E-state index >= 15 is 0 Å². The summed E-state index contributed by atoms with van der Waals surface area (Å²) in [5.41, 5.74) is 7.32. The number of primary amides is 1. The lowest BCUT2D eigenvalue weighted by Crippen LogP contribution is -2.38. The molecule has 0 fully saturated rings. The van der Waals surface area contributed by atoms with Gasteiger partial charge in [0.25, 0.3) is 0 Å². The van der Waals surface area contributed by atoms with Gasteiger partial charge in [0, 0.05) is 11.6 Å². The number of nitrogens with one attached hydrogen (secondary N) is 1. The summed E-state index contributed by atoms with van der Waals surface area (Å²) in [6, 6.07) is 14.9. The van der Waals surface area contributed by atoms with Crippen molar-refractivity contribution in [3.63, 3.8) is 0 Å². The molecule has 0 heterocycles. The molecule has 4 nitrogen and oxygen atoms in total. The number of nitrogens with two attached hydrogens (primary N) is 1. The van der Waals surface area contributed by atoms with Gasteiger partial charge in [-0.05, 0) is 42.3 Å². The van der Waals surface area contributed by atoms with E-state index in [9.17, 15) is 4.79 Å². The van der Waals surface area contributed by atoms with Crippen LogP contribution in [0.15, 0.2) is 48.5 Å².